The maximum atomic E-state index is 12.8. The smallest absolute Gasteiger partial charge is 0.331 e. The molecule has 0 bridgehead atoms. The van der Waals surface area contributed by atoms with Crippen molar-refractivity contribution < 1.29 is 14.3 Å². The van der Waals surface area contributed by atoms with E-state index in [0.29, 0.717) is 12.1 Å². The van der Waals surface area contributed by atoms with Crippen molar-refractivity contribution in [3.63, 3.8) is 0 Å². The van der Waals surface area contributed by atoms with Gasteiger partial charge in [-0.15, -0.1) is 0 Å². The fraction of sp³-hybridized carbons (Fsp3) is 0.565. The van der Waals surface area contributed by atoms with Crippen molar-refractivity contribution in [2.45, 2.75) is 71.1 Å². The average molecular weight is 372 g/mol. The van der Waals surface area contributed by atoms with Crippen molar-refractivity contribution in [1.82, 2.24) is 0 Å². The molecule has 4 heteroatoms. The van der Waals surface area contributed by atoms with Crippen LogP contribution in [0.5, 0.6) is 0 Å². The van der Waals surface area contributed by atoms with Gasteiger partial charge in [0.05, 0.1) is 18.4 Å². The highest BCUT2D eigenvalue weighted by Gasteiger charge is 2.32. The van der Waals surface area contributed by atoms with E-state index in [9.17, 15) is 9.59 Å². The minimum Gasteiger partial charge on any atom is -0.466 e. The van der Waals surface area contributed by atoms with E-state index in [1.165, 1.54) is 64.6 Å². The molecule has 1 aliphatic rings. The maximum Gasteiger partial charge on any atom is 0.331 e. The molecule has 0 saturated carbocycles. The molecule has 0 radical (unpaired) electrons. The molecule has 2 rings (SSSR count). The van der Waals surface area contributed by atoms with E-state index in [1.807, 2.05) is 24.3 Å². The fourth-order valence-corrected chi connectivity index (χ4v) is 3.60. The largest absolute Gasteiger partial charge is 0.466 e. The Morgan fingerprint density at radius 2 is 1.56 bits per heavy atom. The quantitative estimate of drug-likeness (QED) is 0.276. The molecule has 0 atom stereocenters. The number of methoxy groups -OCH3 is 1. The lowest BCUT2D eigenvalue weighted by molar-refractivity contribution is -0.135. The summed E-state index contributed by atoms with van der Waals surface area (Å²) in [7, 11) is 1.33. The summed E-state index contributed by atoms with van der Waals surface area (Å²) in [5, 5.41) is 0. The van der Waals surface area contributed by atoms with Gasteiger partial charge in [-0.3, -0.25) is 4.79 Å². The summed E-state index contributed by atoms with van der Waals surface area (Å²) in [5.74, 6) is -0.591. The SMILES string of the molecule is CCCCCCCCCCCCN1C(=O)/C(=C/C(=O)OC)c2ccccc21. The van der Waals surface area contributed by atoms with Gasteiger partial charge in [0.25, 0.3) is 5.91 Å². The first kappa shape index (κ1) is 21.2. The van der Waals surface area contributed by atoms with Gasteiger partial charge >= 0.3 is 5.97 Å². The molecule has 0 unspecified atom stereocenters. The number of anilines is 1. The van der Waals surface area contributed by atoms with E-state index in [4.69, 9.17) is 4.74 Å². The van der Waals surface area contributed by atoms with Gasteiger partial charge in [0.1, 0.15) is 0 Å². The molecule has 0 N–H and O–H groups in total. The molecule has 148 valence electrons. The summed E-state index contributed by atoms with van der Waals surface area (Å²) >= 11 is 0. The molecule has 1 amide bonds. The third-order valence-corrected chi connectivity index (χ3v) is 5.16. The molecule has 1 heterocycles. The van der Waals surface area contributed by atoms with Crippen molar-refractivity contribution in [3.8, 4) is 0 Å². The zero-order chi connectivity index (χ0) is 19.5. The molecule has 0 spiro atoms. The Bertz CT molecular complexity index is 651. The zero-order valence-electron chi connectivity index (χ0n) is 16.8. The molecule has 0 fully saturated rings. The molecule has 0 aliphatic carbocycles. The minimum atomic E-state index is -0.492. The van der Waals surface area contributed by atoms with Crippen LogP contribution >= 0.6 is 0 Å². The Morgan fingerprint density at radius 3 is 2.19 bits per heavy atom. The zero-order valence-corrected chi connectivity index (χ0v) is 16.8. The number of nitrogens with zero attached hydrogens (tertiary/aromatic N) is 1. The fourth-order valence-electron chi connectivity index (χ4n) is 3.60. The van der Waals surface area contributed by atoms with Gasteiger partial charge in [-0.05, 0) is 12.5 Å². The van der Waals surface area contributed by atoms with Gasteiger partial charge in [-0.2, -0.15) is 0 Å². The van der Waals surface area contributed by atoms with Crippen molar-refractivity contribution >= 4 is 23.1 Å². The Kier molecular flexibility index (Phi) is 9.09. The number of ether oxygens (including phenoxy) is 1. The average Bonchev–Trinajstić information content (AvgIpc) is 2.95. The van der Waals surface area contributed by atoms with Crippen LogP contribution in [-0.2, 0) is 14.3 Å². The number of carbonyl (C=O) groups excluding carboxylic acids is 2. The number of carbonyl (C=O) groups is 2. The summed E-state index contributed by atoms with van der Waals surface area (Å²) < 4.78 is 4.69. The van der Waals surface area contributed by atoms with Crippen LogP contribution in [0.3, 0.4) is 0 Å². The van der Waals surface area contributed by atoms with E-state index < -0.39 is 5.97 Å². The number of rotatable bonds is 12. The van der Waals surface area contributed by atoms with Crippen LogP contribution in [0.25, 0.3) is 5.57 Å². The van der Waals surface area contributed by atoms with Gasteiger partial charge in [-0.1, -0.05) is 82.9 Å². The van der Waals surface area contributed by atoms with E-state index >= 15 is 0 Å². The van der Waals surface area contributed by atoms with E-state index in [0.717, 1.165) is 24.1 Å². The third-order valence-electron chi connectivity index (χ3n) is 5.16. The first-order valence-corrected chi connectivity index (χ1v) is 10.4. The molecule has 0 saturated heterocycles. The van der Waals surface area contributed by atoms with E-state index in [1.54, 1.807) is 4.90 Å². The summed E-state index contributed by atoms with van der Waals surface area (Å²) in [6, 6.07) is 7.65. The topological polar surface area (TPSA) is 46.6 Å². The van der Waals surface area contributed by atoms with Gasteiger partial charge in [0, 0.05) is 18.2 Å². The van der Waals surface area contributed by atoms with Gasteiger partial charge < -0.3 is 9.64 Å². The number of hydrogen-bond acceptors (Lipinski definition) is 3. The number of para-hydroxylation sites is 1. The summed E-state index contributed by atoms with van der Waals surface area (Å²) in [6.45, 7) is 2.95. The lowest BCUT2D eigenvalue weighted by Crippen LogP contribution is -2.27. The van der Waals surface area contributed by atoms with Crippen LogP contribution in [0.2, 0.25) is 0 Å². The summed E-state index contributed by atoms with van der Waals surface area (Å²) in [6.07, 6.45) is 14.0. The van der Waals surface area contributed by atoms with Crippen LogP contribution in [0, 0.1) is 0 Å². The second kappa shape index (κ2) is 11.6. The molecule has 1 aromatic rings. The maximum absolute atomic E-state index is 12.8. The number of unbranched alkanes of at least 4 members (excludes halogenated alkanes) is 9. The Hall–Kier alpha value is -2.10. The highest BCUT2D eigenvalue weighted by atomic mass is 16.5. The first-order valence-electron chi connectivity index (χ1n) is 10.4. The lowest BCUT2D eigenvalue weighted by atomic mass is 10.1. The van der Waals surface area contributed by atoms with Crippen molar-refractivity contribution in [3.05, 3.63) is 35.9 Å². The van der Waals surface area contributed by atoms with Crippen molar-refractivity contribution in [1.29, 1.82) is 0 Å². The molecular weight excluding hydrogens is 338 g/mol. The van der Waals surface area contributed by atoms with Crippen LogP contribution in [0.1, 0.15) is 76.7 Å². The predicted octanol–water partition coefficient (Wildman–Crippen LogP) is 5.51. The first-order chi connectivity index (χ1) is 13.2. The molecule has 1 aliphatic heterocycles. The Morgan fingerprint density at radius 1 is 0.963 bits per heavy atom. The summed E-state index contributed by atoms with van der Waals surface area (Å²) in [5.41, 5.74) is 2.15. The van der Waals surface area contributed by atoms with Gasteiger partial charge in [-0.25, -0.2) is 4.79 Å². The lowest BCUT2D eigenvalue weighted by Gasteiger charge is -2.16. The minimum absolute atomic E-state index is 0.0995. The second-order valence-corrected chi connectivity index (χ2v) is 7.24. The number of fused-ring (bicyclic) bond motifs is 1. The van der Waals surface area contributed by atoms with Crippen LogP contribution in [0.4, 0.5) is 5.69 Å². The molecule has 1 aromatic carbocycles. The highest BCUT2D eigenvalue weighted by molar-refractivity contribution is 6.34. The number of esters is 1. The number of benzene rings is 1. The van der Waals surface area contributed by atoms with Crippen LogP contribution in [0.15, 0.2) is 30.3 Å². The predicted molar refractivity (Wildman–Crippen MR) is 111 cm³/mol. The van der Waals surface area contributed by atoms with Crippen molar-refractivity contribution in [2.75, 3.05) is 18.6 Å². The van der Waals surface area contributed by atoms with E-state index in [-0.39, 0.29) is 5.91 Å². The number of amides is 1. The van der Waals surface area contributed by atoms with E-state index in [2.05, 4.69) is 6.92 Å². The van der Waals surface area contributed by atoms with Gasteiger partial charge in [0.15, 0.2) is 0 Å². The van der Waals surface area contributed by atoms with Crippen LogP contribution in [-0.4, -0.2) is 25.5 Å². The Labute approximate surface area is 163 Å². The molecule has 4 nitrogen and oxygen atoms in total. The van der Waals surface area contributed by atoms with Crippen LogP contribution < -0.4 is 4.90 Å². The second-order valence-electron chi connectivity index (χ2n) is 7.24. The molecular formula is C23H33NO3. The Balaban J connectivity index is 1.77. The highest BCUT2D eigenvalue weighted by Crippen LogP contribution is 2.36. The third kappa shape index (κ3) is 6.23. The van der Waals surface area contributed by atoms with Crippen molar-refractivity contribution in [2.24, 2.45) is 0 Å². The molecule has 27 heavy (non-hydrogen) atoms. The molecule has 0 aromatic heterocycles. The summed E-state index contributed by atoms with van der Waals surface area (Å²) in [4.78, 5) is 26.2. The standard InChI is InChI=1S/C23H33NO3/c1-3-4-5-6-7-8-9-10-11-14-17-24-21-16-13-12-15-19(21)20(23(24)26)18-22(25)27-2/h12-13,15-16,18H,3-11,14,17H2,1-2H3/b20-18+. The number of hydrogen-bond donors (Lipinski definition) is 0. The normalized spacial score (nSPS) is 14.7. The monoisotopic (exact) mass is 371 g/mol. The van der Waals surface area contributed by atoms with Gasteiger partial charge in [0.2, 0.25) is 0 Å².